The molecular weight excluding hydrogens is 420 g/mol. The molecule has 0 radical (unpaired) electrons. The first-order chi connectivity index (χ1) is 15.9. The highest BCUT2D eigenvalue weighted by molar-refractivity contribution is 5.84. The third-order valence-corrected chi connectivity index (χ3v) is 6.56. The first-order valence-corrected chi connectivity index (χ1v) is 11.3. The molecule has 0 spiro atoms. The minimum Gasteiger partial charge on any atom is -0.332 e. The fraction of sp³-hybridized carbons (Fsp3) is 0.375. The van der Waals surface area contributed by atoms with Gasteiger partial charge in [-0.25, -0.2) is 14.2 Å². The van der Waals surface area contributed by atoms with Gasteiger partial charge in [0.1, 0.15) is 6.54 Å². The van der Waals surface area contributed by atoms with Crippen molar-refractivity contribution in [3.05, 3.63) is 73.7 Å². The zero-order valence-corrected chi connectivity index (χ0v) is 19.0. The molecule has 1 N–H and O–H groups in total. The number of hydrogen-bond donors (Lipinski definition) is 1. The molecule has 5 rings (SSSR count). The van der Waals surface area contributed by atoms with Gasteiger partial charge in [-0.1, -0.05) is 25.1 Å². The van der Waals surface area contributed by atoms with Crippen LogP contribution in [0.2, 0.25) is 0 Å². The Balaban J connectivity index is 1.47. The number of carbonyl (C=O) groups excluding carboxylic acids is 1. The molecule has 4 heterocycles. The van der Waals surface area contributed by atoms with E-state index in [0.717, 1.165) is 29.6 Å². The minimum atomic E-state index is -0.274. The normalized spacial score (nSPS) is 16.2. The van der Waals surface area contributed by atoms with Crippen molar-refractivity contribution in [1.82, 2.24) is 29.3 Å². The number of rotatable bonds is 4. The summed E-state index contributed by atoms with van der Waals surface area (Å²) in [4.78, 5) is 45.3. The Morgan fingerprint density at radius 2 is 1.88 bits per heavy atom. The monoisotopic (exact) mass is 446 g/mol. The summed E-state index contributed by atoms with van der Waals surface area (Å²) in [5.41, 5.74) is 3.05. The number of fused-ring (bicyclic) bond motifs is 2. The maximum atomic E-state index is 13.3. The van der Waals surface area contributed by atoms with Crippen LogP contribution < -0.4 is 11.1 Å². The molecule has 1 aliphatic rings. The Kier molecular flexibility index (Phi) is 5.11. The van der Waals surface area contributed by atoms with Gasteiger partial charge in [-0.3, -0.25) is 19.5 Å². The average molecular weight is 447 g/mol. The summed E-state index contributed by atoms with van der Waals surface area (Å²) in [6.45, 7) is 6.07. The van der Waals surface area contributed by atoms with Gasteiger partial charge < -0.3 is 4.90 Å². The molecule has 1 fully saturated rings. The molecule has 4 aromatic rings. The molecule has 0 bridgehead atoms. The second-order valence-electron chi connectivity index (χ2n) is 8.58. The highest BCUT2D eigenvalue weighted by Gasteiger charge is 2.32. The maximum Gasteiger partial charge on any atom is 0.276 e. The molecule has 33 heavy (non-hydrogen) atoms. The number of nitrogens with one attached hydrogen (secondary N) is 1. The first-order valence-electron chi connectivity index (χ1n) is 11.3. The van der Waals surface area contributed by atoms with Crippen molar-refractivity contribution in [3.8, 4) is 0 Å². The van der Waals surface area contributed by atoms with Crippen LogP contribution in [-0.2, 0) is 17.8 Å². The van der Waals surface area contributed by atoms with E-state index in [1.165, 1.54) is 9.20 Å². The van der Waals surface area contributed by atoms with E-state index in [9.17, 15) is 14.4 Å². The molecule has 1 saturated heterocycles. The van der Waals surface area contributed by atoms with Gasteiger partial charge in [0.15, 0.2) is 5.65 Å². The minimum absolute atomic E-state index is 0.107. The lowest BCUT2D eigenvalue weighted by Crippen LogP contribution is -2.37. The van der Waals surface area contributed by atoms with E-state index in [1.54, 1.807) is 11.0 Å². The van der Waals surface area contributed by atoms with Crippen LogP contribution >= 0.6 is 0 Å². The van der Waals surface area contributed by atoms with Gasteiger partial charge in [0.25, 0.3) is 11.1 Å². The smallest absolute Gasteiger partial charge is 0.276 e. The summed E-state index contributed by atoms with van der Waals surface area (Å²) in [6.07, 6.45) is 2.22. The van der Waals surface area contributed by atoms with Crippen molar-refractivity contribution in [2.24, 2.45) is 0 Å². The number of aromatic nitrogens is 5. The summed E-state index contributed by atoms with van der Waals surface area (Å²) in [7, 11) is 0. The van der Waals surface area contributed by atoms with Gasteiger partial charge in [0.05, 0.1) is 22.8 Å². The standard InChI is InChI=1S/C24H26N6O3/c1-4-16-14(2)25-21-12-19(27-30(21)24(16)33)20-10-7-11-28(20)22(31)13-29-23(32)18-9-6-5-8-17(18)15(3)26-29/h5-6,8-9,12,20,27H,4,7,10-11,13H2,1-3H3. The van der Waals surface area contributed by atoms with Crippen molar-refractivity contribution in [1.29, 1.82) is 0 Å². The van der Waals surface area contributed by atoms with E-state index >= 15 is 0 Å². The zero-order valence-electron chi connectivity index (χ0n) is 19.0. The second-order valence-corrected chi connectivity index (χ2v) is 8.58. The van der Waals surface area contributed by atoms with Gasteiger partial charge in [-0.2, -0.15) is 5.10 Å². The number of hydrogen-bond acceptors (Lipinski definition) is 5. The number of H-pyrrole nitrogens is 1. The lowest BCUT2D eigenvalue weighted by Gasteiger charge is -2.24. The number of amides is 1. The Labute approximate surface area is 189 Å². The molecule has 1 atom stereocenters. The van der Waals surface area contributed by atoms with E-state index in [-0.39, 0.29) is 29.6 Å². The molecule has 1 aliphatic heterocycles. The van der Waals surface area contributed by atoms with Crippen LogP contribution in [-0.4, -0.2) is 41.7 Å². The van der Waals surface area contributed by atoms with Gasteiger partial charge in [0.2, 0.25) is 5.91 Å². The highest BCUT2D eigenvalue weighted by atomic mass is 16.2. The summed E-state index contributed by atoms with van der Waals surface area (Å²) in [5.74, 6) is -0.175. The molecule has 0 aliphatic carbocycles. The molecule has 1 amide bonds. The topological polar surface area (TPSA) is 105 Å². The van der Waals surface area contributed by atoms with E-state index in [2.05, 4.69) is 15.2 Å². The molecule has 1 unspecified atom stereocenters. The quantitative estimate of drug-likeness (QED) is 0.518. The Hall–Kier alpha value is -3.75. The largest absolute Gasteiger partial charge is 0.332 e. The number of aromatic amines is 1. The number of benzene rings is 1. The van der Waals surface area contributed by atoms with Crippen LogP contribution in [0, 0.1) is 13.8 Å². The molecule has 170 valence electrons. The van der Waals surface area contributed by atoms with Crippen LogP contribution in [0.15, 0.2) is 39.9 Å². The van der Waals surface area contributed by atoms with Gasteiger partial charge in [0, 0.05) is 29.3 Å². The number of nitrogens with zero attached hydrogens (tertiary/aromatic N) is 5. The molecule has 0 saturated carbocycles. The van der Waals surface area contributed by atoms with Crippen molar-refractivity contribution in [2.75, 3.05) is 6.54 Å². The number of aryl methyl sites for hydroxylation is 2. The summed E-state index contributed by atoms with van der Waals surface area (Å²) in [5, 5.41) is 8.89. The number of carbonyl (C=O) groups is 1. The Bertz CT molecular complexity index is 1510. The zero-order chi connectivity index (χ0) is 23.3. The summed E-state index contributed by atoms with van der Waals surface area (Å²) < 4.78 is 2.71. The van der Waals surface area contributed by atoms with Gasteiger partial charge in [-0.05, 0) is 39.2 Å². The van der Waals surface area contributed by atoms with Crippen LogP contribution in [0.25, 0.3) is 16.4 Å². The van der Waals surface area contributed by atoms with Crippen LogP contribution in [0.4, 0.5) is 0 Å². The van der Waals surface area contributed by atoms with Crippen LogP contribution in [0.1, 0.15) is 48.5 Å². The van der Waals surface area contributed by atoms with E-state index in [0.29, 0.717) is 35.3 Å². The van der Waals surface area contributed by atoms with Gasteiger partial charge >= 0.3 is 0 Å². The summed E-state index contributed by atoms with van der Waals surface area (Å²) in [6, 6.07) is 8.93. The summed E-state index contributed by atoms with van der Waals surface area (Å²) >= 11 is 0. The third-order valence-electron chi connectivity index (χ3n) is 6.56. The van der Waals surface area contributed by atoms with Crippen molar-refractivity contribution in [3.63, 3.8) is 0 Å². The third kappa shape index (κ3) is 3.44. The maximum absolute atomic E-state index is 13.3. The fourth-order valence-electron chi connectivity index (χ4n) is 4.89. The fourth-order valence-corrected chi connectivity index (χ4v) is 4.89. The van der Waals surface area contributed by atoms with E-state index in [4.69, 9.17) is 0 Å². The number of likely N-dealkylation sites (tertiary alicyclic amines) is 1. The molecule has 1 aromatic carbocycles. The highest BCUT2D eigenvalue weighted by Crippen LogP contribution is 2.31. The van der Waals surface area contributed by atoms with Crippen LogP contribution in [0.3, 0.4) is 0 Å². The Morgan fingerprint density at radius 3 is 2.64 bits per heavy atom. The lowest BCUT2D eigenvalue weighted by molar-refractivity contribution is -0.133. The van der Waals surface area contributed by atoms with E-state index < -0.39 is 0 Å². The molecule has 3 aromatic heterocycles. The molecule has 9 nitrogen and oxygen atoms in total. The first kappa shape index (κ1) is 21.1. The van der Waals surface area contributed by atoms with Gasteiger partial charge in [-0.15, -0.1) is 0 Å². The second kappa shape index (κ2) is 7.99. The van der Waals surface area contributed by atoms with E-state index in [1.807, 2.05) is 45.0 Å². The molecular formula is C24H26N6O3. The lowest BCUT2D eigenvalue weighted by atomic mass is 10.1. The predicted octanol–water partition coefficient (Wildman–Crippen LogP) is 2.28. The van der Waals surface area contributed by atoms with Crippen molar-refractivity contribution < 1.29 is 4.79 Å². The Morgan fingerprint density at radius 1 is 1.12 bits per heavy atom. The SMILES string of the molecule is CCc1c(C)nc2cc(C3CCCN3C(=O)Cn3nc(C)c4ccccc4c3=O)[nH]n2c1=O. The van der Waals surface area contributed by atoms with Crippen molar-refractivity contribution in [2.45, 2.75) is 52.6 Å². The molecule has 9 heteroatoms. The average Bonchev–Trinajstić information content (AvgIpc) is 3.45. The van der Waals surface area contributed by atoms with Crippen molar-refractivity contribution >= 4 is 22.3 Å². The van der Waals surface area contributed by atoms with Crippen LogP contribution in [0.5, 0.6) is 0 Å². The predicted molar refractivity (Wildman–Crippen MR) is 124 cm³/mol.